The molecule has 1 aromatic carbocycles. The highest BCUT2D eigenvalue weighted by molar-refractivity contribution is 7.23. The van der Waals surface area contributed by atoms with Crippen LogP contribution in [-0.4, -0.2) is 39.2 Å². The van der Waals surface area contributed by atoms with Gasteiger partial charge in [0.25, 0.3) is 5.91 Å². The quantitative estimate of drug-likeness (QED) is 0.516. The lowest BCUT2D eigenvalue weighted by Gasteiger charge is -2.25. The van der Waals surface area contributed by atoms with Gasteiger partial charge in [0.2, 0.25) is 5.91 Å². The molecule has 0 saturated heterocycles. The topological polar surface area (TPSA) is 148 Å². The molecule has 2 amide bonds. The Morgan fingerprint density at radius 3 is 2.82 bits per heavy atom. The number of carbonyl (C=O) groups is 2. The molecule has 3 heterocycles. The molecule has 2 unspecified atom stereocenters. The minimum atomic E-state index is -0.926. The zero-order valence-electron chi connectivity index (χ0n) is 14.7. The Bertz CT molecular complexity index is 1080. The Morgan fingerprint density at radius 1 is 1.32 bits per heavy atom. The molecule has 0 radical (unpaired) electrons. The van der Waals surface area contributed by atoms with Crippen LogP contribution in [0.25, 0.3) is 10.8 Å². The first-order valence-electron chi connectivity index (χ1n) is 8.62. The van der Waals surface area contributed by atoms with Gasteiger partial charge in [-0.25, -0.2) is 4.98 Å². The predicted molar refractivity (Wildman–Crippen MR) is 103 cm³/mol. The van der Waals surface area contributed by atoms with Crippen molar-refractivity contribution >= 4 is 36.9 Å². The van der Waals surface area contributed by atoms with E-state index >= 15 is 0 Å². The van der Waals surface area contributed by atoms with Crippen LogP contribution in [0, 0.1) is 0 Å². The second-order valence-electron chi connectivity index (χ2n) is 6.51. The van der Waals surface area contributed by atoms with E-state index in [4.69, 9.17) is 11.5 Å². The Labute approximate surface area is 161 Å². The van der Waals surface area contributed by atoms with Crippen LogP contribution in [0.2, 0.25) is 0 Å². The van der Waals surface area contributed by atoms with Crippen molar-refractivity contribution in [1.82, 2.24) is 15.2 Å². The van der Waals surface area contributed by atoms with E-state index < -0.39 is 18.0 Å². The number of anilines is 1. The van der Waals surface area contributed by atoms with Crippen molar-refractivity contribution in [2.24, 2.45) is 11.5 Å². The van der Waals surface area contributed by atoms with Gasteiger partial charge in [0.05, 0.1) is 17.8 Å². The van der Waals surface area contributed by atoms with Crippen LogP contribution >= 0.6 is 8.46 Å². The van der Waals surface area contributed by atoms with Crippen LogP contribution in [0.5, 0.6) is 0 Å². The van der Waals surface area contributed by atoms with Crippen LogP contribution in [-0.2, 0) is 9.36 Å². The number of hydrogen-bond acceptors (Lipinski definition) is 6. The summed E-state index contributed by atoms with van der Waals surface area (Å²) in [7, 11) is -0.116. The fourth-order valence-corrected chi connectivity index (χ4v) is 3.96. The smallest absolute Gasteiger partial charge is 0.260 e. The third-order valence-electron chi connectivity index (χ3n) is 4.95. The van der Waals surface area contributed by atoms with Gasteiger partial charge in [-0.2, -0.15) is 5.10 Å². The first kappa shape index (κ1) is 18.2. The number of benzene rings is 1. The van der Waals surface area contributed by atoms with E-state index in [-0.39, 0.29) is 27.0 Å². The third-order valence-corrected chi connectivity index (χ3v) is 5.39. The number of aromatic amines is 1. The van der Waals surface area contributed by atoms with Crippen LogP contribution < -0.4 is 16.4 Å². The van der Waals surface area contributed by atoms with E-state index in [1.807, 2.05) is 6.07 Å². The highest BCUT2D eigenvalue weighted by Crippen LogP contribution is 2.40. The molecule has 10 heteroatoms. The van der Waals surface area contributed by atoms with E-state index in [0.717, 1.165) is 16.5 Å². The molecule has 0 fully saturated rings. The van der Waals surface area contributed by atoms with Crippen molar-refractivity contribution in [1.29, 1.82) is 0 Å². The maximum atomic E-state index is 13.0. The second-order valence-corrected chi connectivity index (χ2v) is 7.21. The minimum Gasteiger partial charge on any atom is -0.368 e. The molecule has 142 valence electrons. The summed E-state index contributed by atoms with van der Waals surface area (Å²) in [5, 5.41) is 8.07. The SMILES string of the molecule is NC(=O)C(CCP=O)N1C(=O)c2cccc3c(C(N)c4cn[nH]c4)cnc1c23. The van der Waals surface area contributed by atoms with Crippen molar-refractivity contribution in [3.05, 3.63) is 53.5 Å². The van der Waals surface area contributed by atoms with Gasteiger partial charge in [0, 0.05) is 29.5 Å². The second kappa shape index (κ2) is 7.10. The largest absolute Gasteiger partial charge is 0.368 e. The van der Waals surface area contributed by atoms with Crippen molar-refractivity contribution in [3.63, 3.8) is 0 Å². The average Bonchev–Trinajstić information content (AvgIpc) is 3.32. The van der Waals surface area contributed by atoms with Crippen LogP contribution in [0.1, 0.15) is 33.9 Å². The zero-order valence-corrected chi connectivity index (χ0v) is 15.6. The number of carbonyl (C=O) groups excluding carboxylic acids is 2. The van der Waals surface area contributed by atoms with Gasteiger partial charge in [-0.05, 0) is 23.4 Å². The van der Waals surface area contributed by atoms with Crippen LogP contribution in [0.4, 0.5) is 5.82 Å². The Morgan fingerprint density at radius 2 is 2.14 bits per heavy atom. The first-order chi connectivity index (χ1) is 13.5. The number of pyridine rings is 1. The molecule has 2 aromatic heterocycles. The van der Waals surface area contributed by atoms with Crippen LogP contribution in [0.3, 0.4) is 0 Å². The van der Waals surface area contributed by atoms with Gasteiger partial charge in [0.1, 0.15) is 11.9 Å². The molecule has 0 saturated carbocycles. The number of amides is 2. The molecule has 9 nitrogen and oxygen atoms in total. The summed E-state index contributed by atoms with van der Waals surface area (Å²) in [4.78, 5) is 30.8. The number of H-pyrrole nitrogens is 1. The predicted octanol–water partition coefficient (Wildman–Crippen LogP) is 1.50. The van der Waals surface area contributed by atoms with Gasteiger partial charge in [0.15, 0.2) is 8.46 Å². The monoisotopic (exact) mass is 396 g/mol. The number of nitrogens with two attached hydrogens (primary N) is 2. The molecule has 5 N–H and O–H groups in total. The summed E-state index contributed by atoms with van der Waals surface area (Å²) in [6, 6.07) is 3.92. The molecule has 4 rings (SSSR count). The number of nitrogens with one attached hydrogen (secondary N) is 1. The summed E-state index contributed by atoms with van der Waals surface area (Å²) in [5.41, 5.74) is 13.9. The lowest BCUT2D eigenvalue weighted by atomic mass is 9.97. The zero-order chi connectivity index (χ0) is 19.8. The molecule has 0 bridgehead atoms. The van der Waals surface area contributed by atoms with Crippen molar-refractivity contribution in [2.45, 2.75) is 18.5 Å². The minimum absolute atomic E-state index is 0.116. The van der Waals surface area contributed by atoms with Gasteiger partial charge in [-0.1, -0.05) is 12.1 Å². The summed E-state index contributed by atoms with van der Waals surface area (Å²) in [5.74, 6) is -0.655. The van der Waals surface area contributed by atoms with E-state index in [0.29, 0.717) is 16.8 Å². The molecule has 1 aliphatic heterocycles. The van der Waals surface area contributed by atoms with Crippen LogP contribution in [0.15, 0.2) is 36.8 Å². The van der Waals surface area contributed by atoms with Crippen molar-refractivity contribution in [3.8, 4) is 0 Å². The molecule has 0 aliphatic carbocycles. The molecular weight excluding hydrogens is 379 g/mol. The highest BCUT2D eigenvalue weighted by Gasteiger charge is 2.39. The fraction of sp³-hybridized carbons (Fsp3) is 0.222. The van der Waals surface area contributed by atoms with Gasteiger partial charge >= 0.3 is 0 Å². The molecule has 0 spiro atoms. The van der Waals surface area contributed by atoms with E-state index in [1.165, 1.54) is 4.90 Å². The Balaban J connectivity index is 1.87. The molecule has 1 aliphatic rings. The summed E-state index contributed by atoms with van der Waals surface area (Å²) in [6.07, 6.45) is 5.34. The molecule has 2 atom stereocenters. The lowest BCUT2D eigenvalue weighted by molar-refractivity contribution is -0.119. The fourth-order valence-electron chi connectivity index (χ4n) is 3.61. The van der Waals surface area contributed by atoms with Gasteiger partial charge in [-0.3, -0.25) is 24.2 Å². The number of primary amides is 1. The molecule has 28 heavy (non-hydrogen) atoms. The van der Waals surface area contributed by atoms with E-state index in [9.17, 15) is 14.2 Å². The van der Waals surface area contributed by atoms with Gasteiger partial charge < -0.3 is 11.5 Å². The Hall–Kier alpha value is -3.16. The van der Waals surface area contributed by atoms with Crippen molar-refractivity contribution in [2.75, 3.05) is 11.1 Å². The van der Waals surface area contributed by atoms with E-state index in [1.54, 1.807) is 30.7 Å². The lowest BCUT2D eigenvalue weighted by Crippen LogP contribution is -2.47. The van der Waals surface area contributed by atoms with Crippen molar-refractivity contribution < 1.29 is 14.2 Å². The number of aromatic nitrogens is 3. The average molecular weight is 396 g/mol. The summed E-state index contributed by atoms with van der Waals surface area (Å²) < 4.78 is 10.9. The maximum Gasteiger partial charge on any atom is 0.260 e. The van der Waals surface area contributed by atoms with Gasteiger partial charge in [-0.15, -0.1) is 0 Å². The standard InChI is InChI=1S/C18H17N6O3P/c19-15(9-6-22-23-7-9)12-8-21-17-14-10(12)2-1-3-11(14)18(26)24(17)13(16(20)25)4-5-28-27/h1-3,6-8,13,15H,4-5,19H2,(H2,20,25)(H,22,23). The number of nitrogens with zero attached hydrogens (tertiary/aromatic N) is 3. The summed E-state index contributed by atoms with van der Waals surface area (Å²) >= 11 is 0. The first-order valence-corrected chi connectivity index (χ1v) is 9.62. The normalized spacial score (nSPS) is 15.3. The molecular formula is C18H17N6O3P. The highest BCUT2D eigenvalue weighted by atomic mass is 31.1. The number of rotatable bonds is 7. The van der Waals surface area contributed by atoms with E-state index in [2.05, 4.69) is 15.2 Å². The summed E-state index contributed by atoms with van der Waals surface area (Å²) in [6.45, 7) is 0. The maximum absolute atomic E-state index is 13.0. The molecule has 3 aromatic rings. The third kappa shape index (κ3) is 2.76. The number of hydrogen-bond donors (Lipinski definition) is 3. The Kier molecular flexibility index (Phi) is 4.62.